The zero-order valence-corrected chi connectivity index (χ0v) is 12.1. The molecule has 0 saturated carbocycles. The van der Waals surface area contributed by atoms with Gasteiger partial charge in [0.15, 0.2) is 0 Å². The summed E-state index contributed by atoms with van der Waals surface area (Å²) in [5, 5.41) is 5.58. The van der Waals surface area contributed by atoms with Crippen molar-refractivity contribution in [1.29, 1.82) is 0 Å². The van der Waals surface area contributed by atoms with Gasteiger partial charge in [-0.2, -0.15) is 0 Å². The topological polar surface area (TPSA) is 17.0 Å². The standard InChI is InChI=1S/C15H21ClN2/c1-4-15(2,3)17-8-10-18-9-7-12-11-13(16)5-6-14(12)18/h5-7,9,11,17H,4,8,10H2,1-3H3. The summed E-state index contributed by atoms with van der Waals surface area (Å²) in [6.07, 6.45) is 3.26. The first kappa shape index (κ1) is 13.4. The molecule has 1 heterocycles. The van der Waals surface area contributed by atoms with Crippen molar-refractivity contribution in [2.45, 2.75) is 39.3 Å². The molecule has 0 spiro atoms. The van der Waals surface area contributed by atoms with Gasteiger partial charge in [0.1, 0.15) is 0 Å². The quantitative estimate of drug-likeness (QED) is 0.861. The fraction of sp³-hybridized carbons (Fsp3) is 0.467. The number of hydrogen-bond donors (Lipinski definition) is 1. The maximum atomic E-state index is 5.99. The summed E-state index contributed by atoms with van der Waals surface area (Å²) in [6, 6.07) is 8.16. The van der Waals surface area contributed by atoms with Gasteiger partial charge in [0.25, 0.3) is 0 Å². The molecule has 1 N–H and O–H groups in total. The second-order valence-corrected chi connectivity index (χ2v) is 5.81. The van der Waals surface area contributed by atoms with Crippen LogP contribution < -0.4 is 5.32 Å². The van der Waals surface area contributed by atoms with Crippen LogP contribution in [0.5, 0.6) is 0 Å². The number of aromatic nitrogens is 1. The molecule has 0 aliphatic rings. The number of halogens is 1. The van der Waals surface area contributed by atoms with Crippen molar-refractivity contribution in [2.24, 2.45) is 0 Å². The summed E-state index contributed by atoms with van der Waals surface area (Å²) in [4.78, 5) is 0. The number of nitrogens with one attached hydrogen (secondary N) is 1. The average molecular weight is 265 g/mol. The fourth-order valence-corrected chi connectivity index (χ4v) is 2.19. The second kappa shape index (κ2) is 5.33. The Bertz CT molecular complexity index is 528. The highest BCUT2D eigenvalue weighted by atomic mass is 35.5. The van der Waals surface area contributed by atoms with Crippen LogP contribution in [0.15, 0.2) is 30.5 Å². The highest BCUT2D eigenvalue weighted by Gasteiger charge is 2.12. The molecule has 2 rings (SSSR count). The van der Waals surface area contributed by atoms with Crippen LogP contribution in [0.3, 0.4) is 0 Å². The Morgan fingerprint density at radius 2 is 2.06 bits per heavy atom. The summed E-state index contributed by atoms with van der Waals surface area (Å²) in [5.41, 5.74) is 1.46. The van der Waals surface area contributed by atoms with Crippen molar-refractivity contribution >= 4 is 22.5 Å². The van der Waals surface area contributed by atoms with Crippen LogP contribution in [-0.4, -0.2) is 16.7 Å². The molecular formula is C15H21ClN2. The zero-order valence-electron chi connectivity index (χ0n) is 11.3. The van der Waals surface area contributed by atoms with Crippen molar-refractivity contribution < 1.29 is 0 Å². The SMILES string of the molecule is CCC(C)(C)NCCn1ccc2cc(Cl)ccc21. The van der Waals surface area contributed by atoms with Crippen molar-refractivity contribution in [1.82, 2.24) is 9.88 Å². The highest BCUT2D eigenvalue weighted by molar-refractivity contribution is 6.31. The maximum Gasteiger partial charge on any atom is 0.0481 e. The van der Waals surface area contributed by atoms with Gasteiger partial charge < -0.3 is 9.88 Å². The Balaban J connectivity index is 2.04. The van der Waals surface area contributed by atoms with Gasteiger partial charge in [0.05, 0.1) is 0 Å². The monoisotopic (exact) mass is 264 g/mol. The minimum atomic E-state index is 0.215. The van der Waals surface area contributed by atoms with E-state index in [0.717, 1.165) is 24.5 Å². The van der Waals surface area contributed by atoms with Crippen LogP contribution in [-0.2, 0) is 6.54 Å². The molecule has 0 bridgehead atoms. The van der Waals surface area contributed by atoms with Crippen LogP contribution >= 0.6 is 11.6 Å². The highest BCUT2D eigenvalue weighted by Crippen LogP contribution is 2.20. The first-order valence-corrected chi connectivity index (χ1v) is 6.89. The van der Waals surface area contributed by atoms with Gasteiger partial charge in [0, 0.05) is 40.8 Å². The van der Waals surface area contributed by atoms with Crippen molar-refractivity contribution in [3.05, 3.63) is 35.5 Å². The predicted octanol–water partition coefficient (Wildman–Crippen LogP) is 4.07. The van der Waals surface area contributed by atoms with E-state index in [1.165, 1.54) is 10.9 Å². The summed E-state index contributed by atoms with van der Waals surface area (Å²) in [7, 11) is 0. The van der Waals surface area contributed by atoms with Gasteiger partial charge in [0.2, 0.25) is 0 Å². The van der Waals surface area contributed by atoms with E-state index in [4.69, 9.17) is 11.6 Å². The molecule has 0 unspecified atom stereocenters. The Labute approximate surface area is 114 Å². The van der Waals surface area contributed by atoms with Gasteiger partial charge in [-0.3, -0.25) is 0 Å². The van der Waals surface area contributed by atoms with E-state index < -0.39 is 0 Å². The molecule has 2 aromatic rings. The largest absolute Gasteiger partial charge is 0.346 e. The molecule has 0 fully saturated rings. The smallest absolute Gasteiger partial charge is 0.0481 e. The van der Waals surface area contributed by atoms with E-state index in [1.54, 1.807) is 0 Å². The first-order chi connectivity index (χ1) is 8.52. The van der Waals surface area contributed by atoms with Gasteiger partial charge >= 0.3 is 0 Å². The van der Waals surface area contributed by atoms with Gasteiger partial charge in [-0.15, -0.1) is 0 Å². The number of benzene rings is 1. The Kier molecular flexibility index (Phi) is 3.98. The fourth-order valence-electron chi connectivity index (χ4n) is 2.01. The molecule has 0 saturated heterocycles. The average Bonchev–Trinajstić information content (AvgIpc) is 2.71. The normalized spacial score (nSPS) is 12.2. The number of nitrogens with zero attached hydrogens (tertiary/aromatic N) is 1. The lowest BCUT2D eigenvalue weighted by atomic mass is 10.0. The van der Waals surface area contributed by atoms with E-state index in [9.17, 15) is 0 Å². The third-order valence-electron chi connectivity index (χ3n) is 3.57. The van der Waals surface area contributed by atoms with E-state index in [1.807, 2.05) is 12.1 Å². The molecule has 0 aliphatic heterocycles. The van der Waals surface area contributed by atoms with Crippen LogP contribution in [0.2, 0.25) is 5.02 Å². The van der Waals surface area contributed by atoms with E-state index in [2.05, 4.69) is 49.0 Å². The van der Waals surface area contributed by atoms with Crippen LogP contribution in [0.1, 0.15) is 27.2 Å². The van der Waals surface area contributed by atoms with E-state index >= 15 is 0 Å². The minimum Gasteiger partial charge on any atom is -0.346 e. The van der Waals surface area contributed by atoms with E-state index in [-0.39, 0.29) is 5.54 Å². The molecule has 0 atom stereocenters. The van der Waals surface area contributed by atoms with Crippen LogP contribution in [0.25, 0.3) is 10.9 Å². The molecular weight excluding hydrogens is 244 g/mol. The second-order valence-electron chi connectivity index (χ2n) is 5.38. The first-order valence-electron chi connectivity index (χ1n) is 6.51. The zero-order chi connectivity index (χ0) is 13.2. The Morgan fingerprint density at radius 3 is 2.78 bits per heavy atom. The Morgan fingerprint density at radius 1 is 1.28 bits per heavy atom. The molecule has 18 heavy (non-hydrogen) atoms. The third kappa shape index (κ3) is 3.06. The van der Waals surface area contributed by atoms with Crippen LogP contribution in [0.4, 0.5) is 0 Å². The van der Waals surface area contributed by atoms with E-state index in [0.29, 0.717) is 0 Å². The van der Waals surface area contributed by atoms with Crippen molar-refractivity contribution in [2.75, 3.05) is 6.54 Å². The molecule has 0 radical (unpaired) electrons. The Hall–Kier alpha value is -0.990. The van der Waals surface area contributed by atoms with Gasteiger partial charge in [-0.25, -0.2) is 0 Å². The summed E-state index contributed by atoms with van der Waals surface area (Å²) in [5.74, 6) is 0. The molecule has 1 aromatic heterocycles. The van der Waals surface area contributed by atoms with Crippen LogP contribution in [0, 0.1) is 0 Å². The lowest BCUT2D eigenvalue weighted by Gasteiger charge is -2.24. The minimum absolute atomic E-state index is 0.215. The third-order valence-corrected chi connectivity index (χ3v) is 3.81. The maximum absolute atomic E-state index is 5.99. The molecule has 98 valence electrons. The van der Waals surface area contributed by atoms with Crippen molar-refractivity contribution in [3.63, 3.8) is 0 Å². The van der Waals surface area contributed by atoms with Gasteiger partial charge in [-0.05, 0) is 44.5 Å². The summed E-state index contributed by atoms with van der Waals surface area (Å²) >= 11 is 5.99. The number of rotatable bonds is 5. The van der Waals surface area contributed by atoms with Gasteiger partial charge in [-0.1, -0.05) is 18.5 Å². The molecule has 1 aromatic carbocycles. The summed E-state index contributed by atoms with van der Waals surface area (Å²) in [6.45, 7) is 8.64. The predicted molar refractivity (Wildman–Crippen MR) is 79.3 cm³/mol. The lowest BCUT2D eigenvalue weighted by Crippen LogP contribution is -2.40. The number of fused-ring (bicyclic) bond motifs is 1. The molecule has 3 heteroatoms. The van der Waals surface area contributed by atoms with Crippen molar-refractivity contribution in [3.8, 4) is 0 Å². The summed E-state index contributed by atoms with van der Waals surface area (Å²) < 4.78 is 2.27. The molecule has 0 amide bonds. The lowest BCUT2D eigenvalue weighted by molar-refractivity contribution is 0.369. The molecule has 0 aliphatic carbocycles. The molecule has 2 nitrogen and oxygen atoms in total. The number of hydrogen-bond acceptors (Lipinski definition) is 1.